The quantitative estimate of drug-likeness (QED) is 0.614. The van der Waals surface area contributed by atoms with Crippen LogP contribution in [0.15, 0.2) is 0 Å². The molecule has 1 rings (SSSR count). The summed E-state index contributed by atoms with van der Waals surface area (Å²) in [6, 6.07) is 0.0923. The van der Waals surface area contributed by atoms with Gasteiger partial charge in [-0.25, -0.2) is 0 Å². The molecule has 1 fully saturated rings. The van der Waals surface area contributed by atoms with Crippen molar-refractivity contribution in [2.24, 2.45) is 0 Å². The number of aliphatic hydroxyl groups excluding tert-OH is 1. The second-order valence-electron chi connectivity index (χ2n) is 3.04. The molecule has 1 aliphatic carbocycles. The average molecular weight is 173 g/mol. The Kier molecular flexibility index (Phi) is 3.49. The molecule has 0 aromatic heterocycles. The lowest BCUT2D eigenvalue weighted by atomic mass is 10.2. The minimum Gasteiger partial charge on any atom is -0.387 e. The largest absolute Gasteiger partial charge is 0.387 e. The zero-order valence-corrected chi connectivity index (χ0v) is 7.25. The Labute approximate surface area is 71.9 Å². The molecule has 0 radical (unpaired) electrons. The molecule has 2 atom stereocenters. The Morgan fingerprint density at radius 2 is 2.42 bits per heavy atom. The molecule has 0 unspecified atom stereocenters. The maximum atomic E-state index is 10.8. The van der Waals surface area contributed by atoms with Crippen LogP contribution >= 0.6 is 0 Å². The van der Waals surface area contributed by atoms with Gasteiger partial charge in [-0.1, -0.05) is 0 Å². The van der Waals surface area contributed by atoms with Crippen LogP contribution in [0.5, 0.6) is 0 Å². The topological polar surface area (TPSA) is 58.6 Å². The molecule has 12 heavy (non-hydrogen) atoms. The molecule has 0 saturated heterocycles. The van der Waals surface area contributed by atoms with E-state index in [1.165, 1.54) is 0 Å². The van der Waals surface area contributed by atoms with Crippen molar-refractivity contribution in [1.29, 1.82) is 0 Å². The number of nitrogens with one attached hydrogen (secondary N) is 1. The van der Waals surface area contributed by atoms with Crippen LogP contribution in [0.2, 0.25) is 0 Å². The van der Waals surface area contributed by atoms with Crippen molar-refractivity contribution in [2.75, 3.05) is 13.7 Å². The van der Waals surface area contributed by atoms with Crippen LogP contribution in [0.3, 0.4) is 0 Å². The highest BCUT2D eigenvalue weighted by Gasteiger charge is 2.27. The second-order valence-corrected chi connectivity index (χ2v) is 3.04. The Bertz CT molecular complexity index is 160. The first-order valence-corrected chi connectivity index (χ1v) is 4.21. The smallest absolute Gasteiger partial charge is 0.246 e. The molecule has 0 spiro atoms. The predicted molar refractivity (Wildman–Crippen MR) is 43.7 cm³/mol. The fourth-order valence-electron chi connectivity index (χ4n) is 1.63. The van der Waals surface area contributed by atoms with E-state index in [9.17, 15) is 4.79 Å². The molecular formula is C8H15NO3. The number of hydrogen-bond donors (Lipinski definition) is 2. The highest BCUT2D eigenvalue weighted by Crippen LogP contribution is 2.21. The molecule has 0 aromatic rings. The van der Waals surface area contributed by atoms with E-state index in [1.54, 1.807) is 7.11 Å². The predicted octanol–water partition coefficient (Wildman–Crippen LogP) is -0.338. The van der Waals surface area contributed by atoms with Gasteiger partial charge in [-0.3, -0.25) is 4.79 Å². The van der Waals surface area contributed by atoms with Gasteiger partial charge >= 0.3 is 0 Å². The lowest BCUT2D eigenvalue weighted by Gasteiger charge is -2.18. The lowest BCUT2D eigenvalue weighted by molar-refractivity contribution is -0.125. The minimum absolute atomic E-state index is 0.0923. The summed E-state index contributed by atoms with van der Waals surface area (Å²) < 4.78 is 5.17. The standard InChI is InChI=1S/C8H15NO3/c1-12-7-4-2-3-6(7)9-8(11)5-10/h6-7,10H,2-5H2,1H3,(H,9,11)/t6-,7-/m1/s1. The van der Waals surface area contributed by atoms with Crippen molar-refractivity contribution >= 4 is 5.91 Å². The second kappa shape index (κ2) is 4.42. The number of methoxy groups -OCH3 is 1. The third-order valence-corrected chi connectivity index (χ3v) is 2.25. The molecule has 4 heteroatoms. The van der Waals surface area contributed by atoms with Gasteiger partial charge in [0.1, 0.15) is 6.61 Å². The van der Waals surface area contributed by atoms with Gasteiger partial charge in [0.2, 0.25) is 5.91 Å². The monoisotopic (exact) mass is 173 g/mol. The van der Waals surface area contributed by atoms with Crippen molar-refractivity contribution in [1.82, 2.24) is 5.32 Å². The molecule has 1 saturated carbocycles. The lowest BCUT2D eigenvalue weighted by Crippen LogP contribution is -2.41. The maximum Gasteiger partial charge on any atom is 0.246 e. The number of aliphatic hydroxyl groups is 1. The maximum absolute atomic E-state index is 10.8. The van der Waals surface area contributed by atoms with Gasteiger partial charge in [0.05, 0.1) is 12.1 Å². The zero-order chi connectivity index (χ0) is 8.97. The first-order valence-electron chi connectivity index (χ1n) is 4.21. The number of carbonyl (C=O) groups excluding carboxylic acids is 1. The van der Waals surface area contributed by atoms with E-state index in [0.717, 1.165) is 19.3 Å². The molecule has 0 bridgehead atoms. The summed E-state index contributed by atoms with van der Waals surface area (Å²) in [5.74, 6) is -0.316. The van der Waals surface area contributed by atoms with Gasteiger partial charge in [-0.2, -0.15) is 0 Å². The summed E-state index contributed by atoms with van der Waals surface area (Å²) in [6.07, 6.45) is 3.15. The van der Waals surface area contributed by atoms with Crippen molar-refractivity contribution in [3.63, 3.8) is 0 Å². The van der Waals surface area contributed by atoms with Gasteiger partial charge < -0.3 is 15.2 Å². The van der Waals surface area contributed by atoms with Crippen LogP contribution in [-0.2, 0) is 9.53 Å². The molecule has 0 aromatic carbocycles. The normalized spacial score (nSPS) is 28.8. The molecule has 70 valence electrons. The Morgan fingerprint density at radius 1 is 1.67 bits per heavy atom. The summed E-state index contributed by atoms with van der Waals surface area (Å²) in [4.78, 5) is 10.8. The van der Waals surface area contributed by atoms with Gasteiger partial charge in [-0.05, 0) is 19.3 Å². The van der Waals surface area contributed by atoms with Crippen molar-refractivity contribution in [3.8, 4) is 0 Å². The number of hydrogen-bond acceptors (Lipinski definition) is 3. The first-order chi connectivity index (χ1) is 5.77. The van der Waals surface area contributed by atoms with Crippen molar-refractivity contribution in [2.45, 2.75) is 31.4 Å². The van der Waals surface area contributed by atoms with Gasteiger partial charge in [0.25, 0.3) is 0 Å². The fourth-order valence-corrected chi connectivity index (χ4v) is 1.63. The Balaban J connectivity index is 2.35. The van der Waals surface area contributed by atoms with Gasteiger partial charge in [-0.15, -0.1) is 0 Å². The summed E-state index contributed by atoms with van der Waals surface area (Å²) in [6.45, 7) is -0.438. The van der Waals surface area contributed by atoms with Crippen LogP contribution in [0.25, 0.3) is 0 Å². The number of rotatable bonds is 3. The van der Waals surface area contributed by atoms with Crippen LogP contribution in [0, 0.1) is 0 Å². The number of ether oxygens (including phenoxy) is 1. The molecule has 1 amide bonds. The Hall–Kier alpha value is -0.610. The third-order valence-electron chi connectivity index (χ3n) is 2.25. The summed E-state index contributed by atoms with van der Waals surface area (Å²) >= 11 is 0. The summed E-state index contributed by atoms with van der Waals surface area (Å²) in [7, 11) is 1.65. The van der Waals surface area contributed by atoms with E-state index < -0.39 is 6.61 Å². The third kappa shape index (κ3) is 2.19. The van der Waals surface area contributed by atoms with E-state index in [-0.39, 0.29) is 18.1 Å². The average Bonchev–Trinajstić information content (AvgIpc) is 2.51. The van der Waals surface area contributed by atoms with Crippen molar-refractivity contribution in [3.05, 3.63) is 0 Å². The number of carbonyl (C=O) groups is 1. The van der Waals surface area contributed by atoms with Crippen LogP contribution in [0.4, 0.5) is 0 Å². The van der Waals surface area contributed by atoms with E-state index in [4.69, 9.17) is 9.84 Å². The van der Waals surface area contributed by atoms with Gasteiger partial charge in [0, 0.05) is 7.11 Å². The zero-order valence-electron chi connectivity index (χ0n) is 7.25. The molecule has 4 nitrogen and oxygen atoms in total. The van der Waals surface area contributed by atoms with Crippen LogP contribution in [-0.4, -0.2) is 36.9 Å². The summed E-state index contributed by atoms with van der Waals surface area (Å²) in [5.41, 5.74) is 0. The molecule has 0 aliphatic heterocycles. The van der Waals surface area contributed by atoms with E-state index in [2.05, 4.69) is 5.32 Å². The highest BCUT2D eigenvalue weighted by atomic mass is 16.5. The van der Waals surface area contributed by atoms with Crippen molar-refractivity contribution < 1.29 is 14.6 Å². The fraction of sp³-hybridized carbons (Fsp3) is 0.875. The molecule has 1 aliphatic rings. The van der Waals surface area contributed by atoms with E-state index in [1.807, 2.05) is 0 Å². The molecule has 0 heterocycles. The van der Waals surface area contributed by atoms with Gasteiger partial charge in [0.15, 0.2) is 0 Å². The van der Waals surface area contributed by atoms with E-state index >= 15 is 0 Å². The number of amides is 1. The molecule has 2 N–H and O–H groups in total. The first kappa shape index (κ1) is 9.48. The Morgan fingerprint density at radius 3 is 3.00 bits per heavy atom. The highest BCUT2D eigenvalue weighted by molar-refractivity contribution is 5.77. The van der Waals surface area contributed by atoms with Crippen LogP contribution in [0.1, 0.15) is 19.3 Å². The van der Waals surface area contributed by atoms with E-state index in [0.29, 0.717) is 0 Å². The molecular weight excluding hydrogens is 158 g/mol. The minimum atomic E-state index is -0.438. The summed E-state index contributed by atoms with van der Waals surface area (Å²) in [5, 5.41) is 11.2. The SMILES string of the molecule is CO[C@@H]1CCC[C@H]1NC(=O)CO. The van der Waals surface area contributed by atoms with Crippen LogP contribution < -0.4 is 5.32 Å².